The summed E-state index contributed by atoms with van der Waals surface area (Å²) in [6.45, 7) is 4.56. The molecule has 0 aromatic heterocycles. The smallest absolute Gasteiger partial charge is 0.0373 e. The molecule has 2 heteroatoms. The van der Waals surface area contributed by atoms with Crippen LogP contribution >= 0.6 is 0 Å². The highest BCUT2D eigenvalue weighted by molar-refractivity contribution is 5.52. The number of para-hydroxylation sites is 1. The lowest BCUT2D eigenvalue weighted by molar-refractivity contribution is 0.238. The highest BCUT2D eigenvalue weighted by atomic mass is 15.1. The lowest BCUT2D eigenvalue weighted by Crippen LogP contribution is -2.37. The molecule has 0 saturated heterocycles. The number of hydrogen-bond acceptors (Lipinski definition) is 2. The van der Waals surface area contributed by atoms with Gasteiger partial charge in [0.25, 0.3) is 0 Å². The van der Waals surface area contributed by atoms with Gasteiger partial charge in [0.05, 0.1) is 0 Å². The fourth-order valence-corrected chi connectivity index (χ4v) is 2.53. The van der Waals surface area contributed by atoms with Gasteiger partial charge in [-0.25, -0.2) is 0 Å². The second kappa shape index (κ2) is 6.06. The molecule has 1 aromatic rings. The van der Waals surface area contributed by atoms with Crippen LogP contribution in [0.1, 0.15) is 31.7 Å². The summed E-state index contributed by atoms with van der Waals surface area (Å²) in [6, 6.07) is 9.38. The Bertz CT molecular complexity index is 322. The van der Waals surface area contributed by atoms with Gasteiger partial charge < -0.3 is 10.2 Å². The molecule has 0 spiro atoms. The first-order valence-electron chi connectivity index (χ1n) is 6.83. The van der Waals surface area contributed by atoms with Crippen molar-refractivity contribution in [3.63, 3.8) is 0 Å². The lowest BCUT2D eigenvalue weighted by Gasteiger charge is -2.26. The number of nitrogens with zero attached hydrogens (tertiary/aromatic N) is 1. The van der Waals surface area contributed by atoms with Crippen LogP contribution in [-0.4, -0.2) is 31.1 Å². The number of hydrogen-bond donors (Lipinski definition) is 1. The standard InChI is InChI=1S/C15H24N2/c1-3-4-11-17(2)14-10-9-13-7-5-6-8-15(13)16-12-14/h5-8,14,16H,3-4,9-12H2,1-2H3. The lowest BCUT2D eigenvalue weighted by atomic mass is 10.1. The Hall–Kier alpha value is -1.02. The maximum atomic E-state index is 3.59. The van der Waals surface area contributed by atoms with Gasteiger partial charge in [-0.1, -0.05) is 31.5 Å². The van der Waals surface area contributed by atoms with E-state index < -0.39 is 0 Å². The Morgan fingerprint density at radius 1 is 1.35 bits per heavy atom. The molecule has 94 valence electrons. The van der Waals surface area contributed by atoms with Gasteiger partial charge in [-0.05, 0) is 44.5 Å². The molecule has 0 fully saturated rings. The van der Waals surface area contributed by atoms with E-state index in [1.165, 1.54) is 43.5 Å². The molecule has 2 rings (SSSR count). The number of unbranched alkanes of at least 4 members (excludes halogenated alkanes) is 1. The van der Waals surface area contributed by atoms with E-state index in [-0.39, 0.29) is 0 Å². The van der Waals surface area contributed by atoms with Crippen molar-refractivity contribution in [3.8, 4) is 0 Å². The molecule has 1 heterocycles. The molecule has 0 amide bonds. The minimum absolute atomic E-state index is 0.675. The predicted molar refractivity (Wildman–Crippen MR) is 74.6 cm³/mol. The largest absolute Gasteiger partial charge is 0.383 e. The minimum Gasteiger partial charge on any atom is -0.383 e. The highest BCUT2D eigenvalue weighted by Crippen LogP contribution is 2.22. The van der Waals surface area contributed by atoms with E-state index in [4.69, 9.17) is 0 Å². The van der Waals surface area contributed by atoms with E-state index >= 15 is 0 Å². The van der Waals surface area contributed by atoms with Gasteiger partial charge in [-0.2, -0.15) is 0 Å². The van der Waals surface area contributed by atoms with Gasteiger partial charge in [-0.15, -0.1) is 0 Å². The van der Waals surface area contributed by atoms with Crippen molar-refractivity contribution < 1.29 is 0 Å². The molecule has 1 N–H and O–H groups in total. The molecule has 0 bridgehead atoms. The van der Waals surface area contributed by atoms with Crippen LogP contribution in [-0.2, 0) is 6.42 Å². The molecule has 1 unspecified atom stereocenters. The van der Waals surface area contributed by atoms with Crippen molar-refractivity contribution in [3.05, 3.63) is 29.8 Å². The third-order valence-corrected chi connectivity index (χ3v) is 3.78. The molecule has 1 atom stereocenters. The molecular formula is C15H24N2. The third kappa shape index (κ3) is 3.22. The third-order valence-electron chi connectivity index (χ3n) is 3.78. The summed E-state index contributed by atoms with van der Waals surface area (Å²) in [5.74, 6) is 0. The zero-order chi connectivity index (χ0) is 12.1. The number of benzene rings is 1. The molecule has 1 aliphatic rings. The van der Waals surface area contributed by atoms with Gasteiger partial charge in [-0.3, -0.25) is 0 Å². The van der Waals surface area contributed by atoms with Crippen molar-refractivity contribution >= 4 is 5.69 Å². The van der Waals surface area contributed by atoms with E-state index in [1.54, 1.807) is 0 Å². The molecule has 0 aliphatic carbocycles. The van der Waals surface area contributed by atoms with Gasteiger partial charge >= 0.3 is 0 Å². The summed E-state index contributed by atoms with van der Waals surface area (Å²) in [7, 11) is 2.26. The molecule has 17 heavy (non-hydrogen) atoms. The average molecular weight is 232 g/mol. The first kappa shape index (κ1) is 12.4. The van der Waals surface area contributed by atoms with Crippen LogP contribution < -0.4 is 5.32 Å². The Labute approximate surface area is 105 Å². The first-order valence-corrected chi connectivity index (χ1v) is 6.83. The van der Waals surface area contributed by atoms with Gasteiger partial charge in [0.15, 0.2) is 0 Å². The van der Waals surface area contributed by atoms with E-state index in [0.29, 0.717) is 6.04 Å². The minimum atomic E-state index is 0.675. The van der Waals surface area contributed by atoms with Crippen molar-refractivity contribution in [2.75, 3.05) is 25.5 Å². The topological polar surface area (TPSA) is 15.3 Å². The summed E-state index contributed by atoms with van der Waals surface area (Å²) in [5.41, 5.74) is 2.80. The fourth-order valence-electron chi connectivity index (χ4n) is 2.53. The van der Waals surface area contributed by atoms with Gasteiger partial charge in [0, 0.05) is 18.3 Å². The molecule has 0 radical (unpaired) electrons. The number of rotatable bonds is 4. The quantitative estimate of drug-likeness (QED) is 0.858. The van der Waals surface area contributed by atoms with E-state index in [2.05, 4.69) is 48.5 Å². The van der Waals surface area contributed by atoms with Crippen LogP contribution in [0.15, 0.2) is 24.3 Å². The Kier molecular flexibility index (Phi) is 4.43. The maximum absolute atomic E-state index is 3.59. The first-order chi connectivity index (χ1) is 8.31. The molecule has 1 aromatic carbocycles. The number of likely N-dealkylation sites (N-methyl/N-ethyl adjacent to an activating group) is 1. The number of fused-ring (bicyclic) bond motifs is 1. The monoisotopic (exact) mass is 232 g/mol. The second-order valence-corrected chi connectivity index (χ2v) is 5.06. The number of nitrogens with one attached hydrogen (secondary N) is 1. The SMILES string of the molecule is CCCCN(C)C1CCc2ccccc2NC1. The molecular weight excluding hydrogens is 208 g/mol. The molecule has 2 nitrogen and oxygen atoms in total. The van der Waals surface area contributed by atoms with Gasteiger partial charge in [0.1, 0.15) is 0 Å². The second-order valence-electron chi connectivity index (χ2n) is 5.06. The van der Waals surface area contributed by atoms with Crippen LogP contribution in [0, 0.1) is 0 Å². The summed E-state index contributed by atoms with van der Waals surface area (Å²) in [6.07, 6.45) is 5.05. The van der Waals surface area contributed by atoms with Gasteiger partial charge in [0.2, 0.25) is 0 Å². The van der Waals surface area contributed by atoms with E-state index in [9.17, 15) is 0 Å². The Morgan fingerprint density at radius 3 is 3.00 bits per heavy atom. The van der Waals surface area contributed by atoms with Crippen molar-refractivity contribution in [1.29, 1.82) is 0 Å². The summed E-state index contributed by atoms with van der Waals surface area (Å²) in [4.78, 5) is 2.52. The molecule has 0 saturated carbocycles. The van der Waals surface area contributed by atoms with Crippen LogP contribution in [0.5, 0.6) is 0 Å². The highest BCUT2D eigenvalue weighted by Gasteiger charge is 2.18. The Balaban J connectivity index is 1.94. The van der Waals surface area contributed by atoms with E-state index in [0.717, 1.165) is 6.54 Å². The average Bonchev–Trinajstić information content (AvgIpc) is 2.58. The summed E-state index contributed by atoms with van der Waals surface area (Å²) in [5, 5.41) is 3.59. The number of anilines is 1. The van der Waals surface area contributed by atoms with Crippen LogP contribution in [0.25, 0.3) is 0 Å². The van der Waals surface area contributed by atoms with Crippen LogP contribution in [0.2, 0.25) is 0 Å². The molecule has 1 aliphatic heterocycles. The summed E-state index contributed by atoms with van der Waals surface area (Å²) < 4.78 is 0. The van der Waals surface area contributed by atoms with Crippen molar-refractivity contribution in [2.45, 2.75) is 38.6 Å². The maximum Gasteiger partial charge on any atom is 0.0373 e. The Morgan fingerprint density at radius 2 is 2.18 bits per heavy atom. The predicted octanol–water partition coefficient (Wildman–Crippen LogP) is 3.15. The van der Waals surface area contributed by atoms with E-state index in [1.807, 2.05) is 0 Å². The van der Waals surface area contributed by atoms with Crippen molar-refractivity contribution in [2.24, 2.45) is 0 Å². The fraction of sp³-hybridized carbons (Fsp3) is 0.600. The zero-order valence-corrected chi connectivity index (χ0v) is 11.1. The van der Waals surface area contributed by atoms with Crippen LogP contribution in [0.3, 0.4) is 0 Å². The zero-order valence-electron chi connectivity index (χ0n) is 11.1. The summed E-state index contributed by atoms with van der Waals surface area (Å²) >= 11 is 0. The number of aryl methyl sites for hydroxylation is 1. The van der Waals surface area contributed by atoms with Crippen LogP contribution in [0.4, 0.5) is 5.69 Å². The van der Waals surface area contributed by atoms with Crippen molar-refractivity contribution in [1.82, 2.24) is 4.90 Å². The normalized spacial score (nSPS) is 19.6.